The van der Waals surface area contributed by atoms with E-state index in [0.29, 0.717) is 13.0 Å². The molecule has 4 heteroatoms. The molecular formula is C15H15NO2S. The topological polar surface area (TPSA) is 37.4 Å². The molecule has 0 bridgehead atoms. The predicted molar refractivity (Wildman–Crippen MR) is 76.6 cm³/mol. The summed E-state index contributed by atoms with van der Waals surface area (Å²) in [5.41, 5.74) is 2.92. The number of aryl methyl sites for hydroxylation is 1. The van der Waals surface area contributed by atoms with Crippen molar-refractivity contribution >= 4 is 15.7 Å². The molecule has 0 spiro atoms. The van der Waals surface area contributed by atoms with Gasteiger partial charge in [-0.25, -0.2) is 8.42 Å². The highest BCUT2D eigenvalue weighted by atomic mass is 32.2. The maximum Gasteiger partial charge on any atom is 0.235 e. The van der Waals surface area contributed by atoms with Gasteiger partial charge >= 0.3 is 0 Å². The molecule has 3 nitrogen and oxygen atoms in total. The highest BCUT2D eigenvalue weighted by Gasteiger charge is 2.29. The maximum absolute atomic E-state index is 12.3. The van der Waals surface area contributed by atoms with E-state index in [1.54, 1.807) is 0 Å². The first kappa shape index (κ1) is 12.2. The van der Waals surface area contributed by atoms with Crippen molar-refractivity contribution in [1.29, 1.82) is 0 Å². The lowest BCUT2D eigenvalue weighted by atomic mass is 10.1. The fourth-order valence-electron chi connectivity index (χ4n) is 2.40. The SMILES string of the molecule is O=S1(=O)CCc2ccccc2N1Cc1ccccc1. The minimum atomic E-state index is -3.20. The van der Waals surface area contributed by atoms with Gasteiger partial charge in [-0.1, -0.05) is 48.5 Å². The Labute approximate surface area is 113 Å². The summed E-state index contributed by atoms with van der Waals surface area (Å²) in [5.74, 6) is 0.191. The van der Waals surface area contributed by atoms with Gasteiger partial charge in [0.15, 0.2) is 0 Å². The van der Waals surface area contributed by atoms with Crippen LogP contribution in [0.5, 0.6) is 0 Å². The molecule has 2 aromatic rings. The van der Waals surface area contributed by atoms with Crippen molar-refractivity contribution in [1.82, 2.24) is 0 Å². The lowest BCUT2D eigenvalue weighted by molar-refractivity contribution is 0.587. The summed E-state index contributed by atoms with van der Waals surface area (Å²) in [6.07, 6.45) is 0.601. The summed E-state index contributed by atoms with van der Waals surface area (Å²) in [4.78, 5) is 0. The fraction of sp³-hybridized carbons (Fsp3) is 0.200. The molecule has 0 unspecified atom stereocenters. The normalized spacial score (nSPS) is 16.9. The molecule has 1 aliphatic rings. The average Bonchev–Trinajstić information content (AvgIpc) is 2.43. The largest absolute Gasteiger partial charge is 0.266 e. The van der Waals surface area contributed by atoms with E-state index in [1.807, 2.05) is 54.6 Å². The Bertz CT molecular complexity index is 680. The minimum absolute atomic E-state index is 0.191. The third-order valence-electron chi connectivity index (χ3n) is 3.39. The molecule has 0 atom stereocenters. The second-order valence-electron chi connectivity index (χ2n) is 4.69. The van der Waals surface area contributed by atoms with Crippen LogP contribution in [0.1, 0.15) is 11.1 Å². The van der Waals surface area contributed by atoms with Gasteiger partial charge in [0, 0.05) is 0 Å². The van der Waals surface area contributed by atoms with Gasteiger partial charge in [0.05, 0.1) is 18.0 Å². The zero-order chi connectivity index (χ0) is 13.3. The number of sulfonamides is 1. The molecule has 98 valence electrons. The molecule has 2 aromatic carbocycles. The molecule has 19 heavy (non-hydrogen) atoms. The monoisotopic (exact) mass is 273 g/mol. The molecule has 0 saturated heterocycles. The molecule has 0 N–H and O–H groups in total. The van der Waals surface area contributed by atoms with Crippen molar-refractivity contribution in [2.24, 2.45) is 0 Å². The van der Waals surface area contributed by atoms with Gasteiger partial charge in [0.25, 0.3) is 0 Å². The lowest BCUT2D eigenvalue weighted by Crippen LogP contribution is -2.37. The number of benzene rings is 2. The van der Waals surface area contributed by atoms with Crippen molar-refractivity contribution < 1.29 is 8.42 Å². The summed E-state index contributed by atoms with van der Waals surface area (Å²) in [7, 11) is -3.20. The highest BCUT2D eigenvalue weighted by molar-refractivity contribution is 7.92. The average molecular weight is 273 g/mol. The number of nitrogens with zero attached hydrogens (tertiary/aromatic N) is 1. The van der Waals surface area contributed by atoms with Crippen LogP contribution in [-0.4, -0.2) is 14.2 Å². The number of anilines is 1. The highest BCUT2D eigenvalue weighted by Crippen LogP contribution is 2.30. The first-order valence-corrected chi connectivity index (χ1v) is 7.90. The second-order valence-corrected chi connectivity index (χ2v) is 6.70. The van der Waals surface area contributed by atoms with Crippen LogP contribution < -0.4 is 4.31 Å². The van der Waals surface area contributed by atoms with Crippen molar-refractivity contribution in [3.05, 3.63) is 65.7 Å². The number of fused-ring (bicyclic) bond motifs is 1. The summed E-state index contributed by atoms with van der Waals surface area (Å²) >= 11 is 0. The summed E-state index contributed by atoms with van der Waals surface area (Å²) in [6.45, 7) is 0.403. The Morgan fingerprint density at radius 1 is 0.947 bits per heavy atom. The van der Waals surface area contributed by atoms with E-state index >= 15 is 0 Å². The van der Waals surface area contributed by atoms with Crippen LogP contribution >= 0.6 is 0 Å². The van der Waals surface area contributed by atoms with E-state index in [9.17, 15) is 8.42 Å². The summed E-state index contributed by atoms with van der Waals surface area (Å²) in [5, 5.41) is 0. The molecule has 0 saturated carbocycles. The van der Waals surface area contributed by atoms with Crippen molar-refractivity contribution in [2.75, 3.05) is 10.1 Å². The number of rotatable bonds is 2. The number of para-hydroxylation sites is 1. The Hall–Kier alpha value is -1.81. The molecular weight excluding hydrogens is 258 g/mol. The zero-order valence-corrected chi connectivity index (χ0v) is 11.3. The maximum atomic E-state index is 12.3. The Kier molecular flexibility index (Phi) is 3.03. The summed E-state index contributed by atoms with van der Waals surface area (Å²) < 4.78 is 26.1. The fourth-order valence-corrected chi connectivity index (χ4v) is 3.92. The van der Waals surface area contributed by atoms with Crippen molar-refractivity contribution in [2.45, 2.75) is 13.0 Å². The first-order valence-electron chi connectivity index (χ1n) is 6.29. The minimum Gasteiger partial charge on any atom is -0.266 e. The van der Waals surface area contributed by atoms with Crippen LogP contribution in [-0.2, 0) is 23.0 Å². The summed E-state index contributed by atoms with van der Waals surface area (Å²) in [6, 6.07) is 17.4. The molecule has 3 rings (SSSR count). The van der Waals surface area contributed by atoms with Crippen LogP contribution in [0, 0.1) is 0 Å². The van der Waals surface area contributed by atoms with Gasteiger partial charge in [0.1, 0.15) is 0 Å². The van der Waals surface area contributed by atoms with Gasteiger partial charge in [-0.05, 0) is 23.6 Å². The molecule has 0 amide bonds. The molecule has 1 heterocycles. The van der Waals surface area contributed by atoms with Gasteiger partial charge in [-0.2, -0.15) is 0 Å². The third kappa shape index (κ3) is 2.36. The van der Waals surface area contributed by atoms with Crippen LogP contribution in [0.15, 0.2) is 54.6 Å². The molecule has 1 aliphatic heterocycles. The lowest BCUT2D eigenvalue weighted by Gasteiger charge is -2.30. The van der Waals surface area contributed by atoms with E-state index in [4.69, 9.17) is 0 Å². The Morgan fingerprint density at radius 3 is 2.42 bits per heavy atom. The van der Waals surface area contributed by atoms with E-state index in [0.717, 1.165) is 16.8 Å². The number of hydrogen-bond donors (Lipinski definition) is 0. The molecule has 0 radical (unpaired) electrons. The van der Waals surface area contributed by atoms with Crippen molar-refractivity contribution in [3.8, 4) is 0 Å². The zero-order valence-electron chi connectivity index (χ0n) is 10.5. The van der Waals surface area contributed by atoms with Gasteiger partial charge in [0.2, 0.25) is 10.0 Å². The molecule has 0 aromatic heterocycles. The van der Waals surface area contributed by atoms with Crippen LogP contribution in [0.4, 0.5) is 5.69 Å². The van der Waals surface area contributed by atoms with E-state index < -0.39 is 10.0 Å². The molecule has 0 fully saturated rings. The first-order chi connectivity index (χ1) is 9.17. The van der Waals surface area contributed by atoms with Crippen LogP contribution in [0.25, 0.3) is 0 Å². The van der Waals surface area contributed by atoms with E-state index in [1.165, 1.54) is 4.31 Å². The smallest absolute Gasteiger partial charge is 0.235 e. The van der Waals surface area contributed by atoms with Crippen LogP contribution in [0.2, 0.25) is 0 Å². The predicted octanol–water partition coefficient (Wildman–Crippen LogP) is 2.58. The molecule has 0 aliphatic carbocycles. The van der Waals surface area contributed by atoms with Gasteiger partial charge < -0.3 is 0 Å². The van der Waals surface area contributed by atoms with E-state index in [-0.39, 0.29) is 5.75 Å². The van der Waals surface area contributed by atoms with Crippen molar-refractivity contribution in [3.63, 3.8) is 0 Å². The van der Waals surface area contributed by atoms with Crippen LogP contribution in [0.3, 0.4) is 0 Å². The quantitative estimate of drug-likeness (QED) is 0.843. The third-order valence-corrected chi connectivity index (χ3v) is 5.11. The number of hydrogen-bond acceptors (Lipinski definition) is 2. The van der Waals surface area contributed by atoms with E-state index in [2.05, 4.69) is 0 Å². The Balaban J connectivity index is 2.02. The Morgan fingerprint density at radius 2 is 1.63 bits per heavy atom. The van der Waals surface area contributed by atoms with Gasteiger partial charge in [-0.3, -0.25) is 4.31 Å². The second kappa shape index (κ2) is 4.70. The standard InChI is InChI=1S/C15H15NO2S/c17-19(18)11-10-14-8-4-5-9-15(14)16(19)12-13-6-2-1-3-7-13/h1-9H,10-12H2. The van der Waals surface area contributed by atoms with Gasteiger partial charge in [-0.15, -0.1) is 0 Å².